The SMILES string of the molecule is Cc1cc(C)c2sc(N(CCCN(C)C)C(=O)Cn3nnc4ccccc43)nc2c1. The van der Waals surface area contributed by atoms with Crippen molar-refractivity contribution in [1.29, 1.82) is 0 Å². The van der Waals surface area contributed by atoms with Gasteiger partial charge in [-0.2, -0.15) is 0 Å². The summed E-state index contributed by atoms with van der Waals surface area (Å²) < 4.78 is 2.80. The van der Waals surface area contributed by atoms with Gasteiger partial charge in [0.15, 0.2) is 5.13 Å². The van der Waals surface area contributed by atoms with Crippen molar-refractivity contribution in [2.75, 3.05) is 32.1 Å². The molecule has 0 aliphatic rings. The molecule has 0 radical (unpaired) electrons. The zero-order valence-electron chi connectivity index (χ0n) is 17.8. The smallest absolute Gasteiger partial charge is 0.250 e. The van der Waals surface area contributed by atoms with E-state index in [1.165, 1.54) is 11.1 Å². The summed E-state index contributed by atoms with van der Waals surface area (Å²) in [6, 6.07) is 11.9. The van der Waals surface area contributed by atoms with Crippen molar-refractivity contribution in [1.82, 2.24) is 24.9 Å². The Morgan fingerprint density at radius 2 is 1.90 bits per heavy atom. The number of rotatable bonds is 7. The molecule has 1 amide bonds. The van der Waals surface area contributed by atoms with Crippen LogP contribution in [-0.2, 0) is 11.3 Å². The molecule has 156 valence electrons. The van der Waals surface area contributed by atoms with Gasteiger partial charge in [-0.3, -0.25) is 9.69 Å². The fraction of sp³-hybridized carbons (Fsp3) is 0.364. The molecule has 0 aliphatic heterocycles. The number of carbonyl (C=O) groups excluding carboxylic acids is 1. The highest BCUT2D eigenvalue weighted by Gasteiger charge is 2.22. The minimum atomic E-state index is -0.0298. The average molecular weight is 423 g/mol. The molecule has 0 N–H and O–H groups in total. The fourth-order valence-electron chi connectivity index (χ4n) is 3.60. The molecule has 2 heterocycles. The van der Waals surface area contributed by atoms with E-state index in [0.717, 1.165) is 39.3 Å². The van der Waals surface area contributed by atoms with E-state index in [9.17, 15) is 4.79 Å². The molecule has 0 saturated heterocycles. The maximum atomic E-state index is 13.3. The third kappa shape index (κ3) is 4.20. The number of carbonyl (C=O) groups is 1. The first kappa shape index (κ1) is 20.4. The predicted octanol–water partition coefficient (Wildman–Crippen LogP) is 3.64. The molecule has 4 aromatic rings. The molecule has 0 atom stereocenters. The molecule has 2 aromatic heterocycles. The van der Waals surface area contributed by atoms with Gasteiger partial charge in [0.25, 0.3) is 5.91 Å². The van der Waals surface area contributed by atoms with Gasteiger partial charge in [0, 0.05) is 6.54 Å². The lowest BCUT2D eigenvalue weighted by molar-refractivity contribution is -0.119. The summed E-state index contributed by atoms with van der Waals surface area (Å²) in [6.45, 7) is 5.81. The van der Waals surface area contributed by atoms with Crippen LogP contribution in [0.4, 0.5) is 5.13 Å². The van der Waals surface area contributed by atoms with Crippen LogP contribution in [0.5, 0.6) is 0 Å². The van der Waals surface area contributed by atoms with Gasteiger partial charge in [0.1, 0.15) is 12.1 Å². The summed E-state index contributed by atoms with van der Waals surface area (Å²) >= 11 is 1.58. The molecule has 0 aliphatic carbocycles. The van der Waals surface area contributed by atoms with Crippen LogP contribution in [0.2, 0.25) is 0 Å². The fourth-order valence-corrected chi connectivity index (χ4v) is 4.66. The highest BCUT2D eigenvalue weighted by molar-refractivity contribution is 7.22. The Morgan fingerprint density at radius 3 is 2.70 bits per heavy atom. The van der Waals surface area contributed by atoms with Crippen molar-refractivity contribution < 1.29 is 4.79 Å². The van der Waals surface area contributed by atoms with Crippen LogP contribution < -0.4 is 4.90 Å². The maximum absolute atomic E-state index is 13.3. The van der Waals surface area contributed by atoms with Crippen LogP contribution in [0.25, 0.3) is 21.3 Å². The van der Waals surface area contributed by atoms with E-state index in [1.54, 1.807) is 20.9 Å². The third-order valence-electron chi connectivity index (χ3n) is 5.03. The monoisotopic (exact) mass is 422 g/mol. The van der Waals surface area contributed by atoms with E-state index in [1.807, 2.05) is 38.4 Å². The Kier molecular flexibility index (Phi) is 5.78. The number of anilines is 1. The molecule has 30 heavy (non-hydrogen) atoms. The van der Waals surface area contributed by atoms with Crippen molar-refractivity contribution in [2.45, 2.75) is 26.8 Å². The first-order valence-corrected chi connectivity index (χ1v) is 10.8. The Bertz CT molecular complexity index is 1200. The first-order valence-electron chi connectivity index (χ1n) is 10.0. The van der Waals surface area contributed by atoms with E-state index in [4.69, 9.17) is 4.98 Å². The minimum Gasteiger partial charge on any atom is -0.309 e. The van der Waals surface area contributed by atoms with Crippen LogP contribution >= 0.6 is 11.3 Å². The predicted molar refractivity (Wildman–Crippen MR) is 122 cm³/mol. The molecular formula is C22H26N6OS. The number of para-hydroxylation sites is 1. The van der Waals surface area contributed by atoms with Gasteiger partial charge in [-0.1, -0.05) is 34.7 Å². The van der Waals surface area contributed by atoms with Gasteiger partial charge in [0.2, 0.25) is 0 Å². The second-order valence-electron chi connectivity index (χ2n) is 7.86. The number of aryl methyl sites for hydroxylation is 2. The van der Waals surface area contributed by atoms with Crippen LogP contribution in [-0.4, -0.2) is 58.0 Å². The van der Waals surface area contributed by atoms with Gasteiger partial charge < -0.3 is 4.90 Å². The Hall–Kier alpha value is -2.84. The van der Waals surface area contributed by atoms with Crippen LogP contribution in [0.3, 0.4) is 0 Å². The van der Waals surface area contributed by atoms with Crippen LogP contribution in [0, 0.1) is 13.8 Å². The summed E-state index contributed by atoms with van der Waals surface area (Å²) in [5.74, 6) is -0.0298. The Morgan fingerprint density at radius 1 is 1.10 bits per heavy atom. The summed E-state index contributed by atoms with van der Waals surface area (Å²) in [5, 5.41) is 9.09. The quantitative estimate of drug-likeness (QED) is 0.455. The number of hydrogen-bond donors (Lipinski definition) is 0. The van der Waals surface area contributed by atoms with Crippen LogP contribution in [0.15, 0.2) is 36.4 Å². The molecule has 4 rings (SSSR count). The topological polar surface area (TPSA) is 67.2 Å². The van der Waals surface area contributed by atoms with Gasteiger partial charge in [-0.05, 0) is 70.2 Å². The first-order chi connectivity index (χ1) is 14.4. The molecular weight excluding hydrogens is 396 g/mol. The maximum Gasteiger partial charge on any atom is 0.250 e. The molecule has 0 spiro atoms. The third-order valence-corrected chi connectivity index (χ3v) is 6.26. The molecule has 7 nitrogen and oxygen atoms in total. The zero-order valence-corrected chi connectivity index (χ0v) is 18.6. The second-order valence-corrected chi connectivity index (χ2v) is 8.84. The highest BCUT2D eigenvalue weighted by atomic mass is 32.1. The summed E-state index contributed by atoms with van der Waals surface area (Å²) in [7, 11) is 4.08. The van der Waals surface area contributed by atoms with Crippen molar-refractivity contribution >= 4 is 43.6 Å². The number of nitrogens with zero attached hydrogens (tertiary/aromatic N) is 6. The lowest BCUT2D eigenvalue weighted by Crippen LogP contribution is -2.36. The number of aromatic nitrogens is 4. The molecule has 8 heteroatoms. The van der Waals surface area contributed by atoms with Gasteiger partial charge in [0.05, 0.1) is 15.7 Å². The van der Waals surface area contributed by atoms with Crippen molar-refractivity contribution in [3.05, 3.63) is 47.5 Å². The van der Waals surface area contributed by atoms with E-state index in [0.29, 0.717) is 6.54 Å². The molecule has 2 aromatic carbocycles. The number of amides is 1. The lowest BCUT2D eigenvalue weighted by atomic mass is 10.1. The largest absolute Gasteiger partial charge is 0.309 e. The molecule has 0 saturated carbocycles. The second kappa shape index (κ2) is 8.49. The van der Waals surface area contributed by atoms with E-state index < -0.39 is 0 Å². The zero-order chi connectivity index (χ0) is 21.3. The Balaban J connectivity index is 1.65. The van der Waals surface area contributed by atoms with Crippen molar-refractivity contribution in [3.63, 3.8) is 0 Å². The standard InChI is InChI=1S/C22H26N6OS/c1-15-12-16(2)21-18(13-15)23-22(30-21)27(11-7-10-26(3)4)20(29)14-28-19-9-6-5-8-17(19)24-25-28/h5-6,8-9,12-13H,7,10-11,14H2,1-4H3. The van der Waals surface area contributed by atoms with Gasteiger partial charge >= 0.3 is 0 Å². The number of thiazole rings is 1. The highest BCUT2D eigenvalue weighted by Crippen LogP contribution is 2.32. The summed E-state index contributed by atoms with van der Waals surface area (Å²) in [6.07, 6.45) is 0.866. The van der Waals surface area contributed by atoms with E-state index >= 15 is 0 Å². The summed E-state index contributed by atoms with van der Waals surface area (Å²) in [4.78, 5) is 22.1. The number of hydrogen-bond acceptors (Lipinski definition) is 6. The summed E-state index contributed by atoms with van der Waals surface area (Å²) in [5.41, 5.74) is 4.96. The van der Waals surface area contributed by atoms with E-state index in [-0.39, 0.29) is 12.5 Å². The normalized spacial score (nSPS) is 11.6. The number of benzene rings is 2. The molecule has 0 fully saturated rings. The lowest BCUT2D eigenvalue weighted by Gasteiger charge is -2.21. The average Bonchev–Trinajstić information content (AvgIpc) is 3.29. The number of fused-ring (bicyclic) bond motifs is 2. The van der Waals surface area contributed by atoms with Gasteiger partial charge in [-0.25, -0.2) is 9.67 Å². The molecule has 0 bridgehead atoms. The van der Waals surface area contributed by atoms with Gasteiger partial charge in [-0.15, -0.1) is 5.10 Å². The molecule has 0 unspecified atom stereocenters. The van der Waals surface area contributed by atoms with E-state index in [2.05, 4.69) is 41.2 Å². The van der Waals surface area contributed by atoms with Crippen molar-refractivity contribution in [2.24, 2.45) is 0 Å². The minimum absolute atomic E-state index is 0.0298. The Labute approximate surface area is 179 Å². The van der Waals surface area contributed by atoms with Crippen molar-refractivity contribution in [3.8, 4) is 0 Å². The van der Waals surface area contributed by atoms with Crippen LogP contribution in [0.1, 0.15) is 17.5 Å².